The van der Waals surface area contributed by atoms with Crippen LogP contribution >= 0.6 is 0 Å². The lowest BCUT2D eigenvalue weighted by molar-refractivity contribution is 0.669. The zero-order chi connectivity index (χ0) is 29.7. The Hall–Kier alpha value is -6.13. The summed E-state index contributed by atoms with van der Waals surface area (Å²) in [4.78, 5) is 14.8. The van der Waals surface area contributed by atoms with Crippen LogP contribution in [0, 0.1) is 0 Å². The Morgan fingerprint density at radius 1 is 0.356 bits per heavy atom. The second kappa shape index (κ2) is 10.2. The summed E-state index contributed by atoms with van der Waals surface area (Å²) in [5.74, 6) is 1.90. The number of hydrogen-bond donors (Lipinski definition) is 0. The highest BCUT2D eigenvalue weighted by atomic mass is 16.3. The fourth-order valence-corrected chi connectivity index (χ4v) is 6.41. The monoisotopic (exact) mass is 575 g/mol. The SMILES string of the molecule is c1ccc(-c2nc(-c3ccccc3)nc(-c3ccc4oc5cccc(-c6cc7ccccc7c7ccccc67)c5c4c3)n2)cc1. The molecule has 7 aromatic carbocycles. The minimum absolute atomic E-state index is 0.618. The zero-order valence-electron chi connectivity index (χ0n) is 24.2. The molecule has 0 aliphatic rings. The Balaban J connectivity index is 1.29. The van der Waals surface area contributed by atoms with Gasteiger partial charge in [-0.2, -0.15) is 0 Å². The summed E-state index contributed by atoms with van der Waals surface area (Å²) >= 11 is 0. The number of benzene rings is 7. The van der Waals surface area contributed by atoms with Gasteiger partial charge in [-0.25, -0.2) is 15.0 Å². The number of rotatable bonds is 4. The van der Waals surface area contributed by atoms with Gasteiger partial charge in [-0.15, -0.1) is 0 Å². The van der Waals surface area contributed by atoms with Gasteiger partial charge >= 0.3 is 0 Å². The van der Waals surface area contributed by atoms with E-state index >= 15 is 0 Å². The fourth-order valence-electron chi connectivity index (χ4n) is 6.41. The van der Waals surface area contributed by atoms with Crippen molar-refractivity contribution in [2.45, 2.75) is 0 Å². The molecule has 0 aliphatic carbocycles. The van der Waals surface area contributed by atoms with Gasteiger partial charge in [-0.05, 0) is 63.0 Å². The molecule has 9 rings (SSSR count). The van der Waals surface area contributed by atoms with E-state index in [0.717, 1.165) is 44.2 Å². The van der Waals surface area contributed by atoms with Gasteiger partial charge in [0, 0.05) is 27.5 Å². The van der Waals surface area contributed by atoms with E-state index in [-0.39, 0.29) is 0 Å². The van der Waals surface area contributed by atoms with Gasteiger partial charge < -0.3 is 4.42 Å². The molecule has 4 nitrogen and oxygen atoms in total. The van der Waals surface area contributed by atoms with Gasteiger partial charge in [0.15, 0.2) is 17.5 Å². The van der Waals surface area contributed by atoms with Crippen LogP contribution < -0.4 is 0 Å². The van der Waals surface area contributed by atoms with Crippen LogP contribution in [0.25, 0.3) is 88.8 Å². The van der Waals surface area contributed by atoms with Crippen molar-refractivity contribution in [2.24, 2.45) is 0 Å². The summed E-state index contributed by atoms with van der Waals surface area (Å²) in [5.41, 5.74) is 6.78. The summed E-state index contributed by atoms with van der Waals surface area (Å²) in [7, 11) is 0. The molecule has 0 saturated carbocycles. The molecule has 2 aromatic heterocycles. The first kappa shape index (κ1) is 25.4. The van der Waals surface area contributed by atoms with Gasteiger partial charge in [-0.1, -0.05) is 121 Å². The van der Waals surface area contributed by atoms with Gasteiger partial charge in [-0.3, -0.25) is 0 Å². The number of nitrogens with zero attached hydrogens (tertiary/aromatic N) is 3. The van der Waals surface area contributed by atoms with Crippen LogP contribution in [0.5, 0.6) is 0 Å². The minimum atomic E-state index is 0.618. The summed E-state index contributed by atoms with van der Waals surface area (Å²) in [5, 5.41) is 7.02. The second-order valence-electron chi connectivity index (χ2n) is 11.2. The fraction of sp³-hybridized carbons (Fsp3) is 0. The van der Waals surface area contributed by atoms with Crippen molar-refractivity contribution in [3.05, 3.63) is 152 Å². The van der Waals surface area contributed by atoms with Crippen molar-refractivity contribution < 1.29 is 4.42 Å². The third-order valence-electron chi connectivity index (χ3n) is 8.51. The van der Waals surface area contributed by atoms with E-state index in [2.05, 4.69) is 72.8 Å². The first-order valence-electron chi connectivity index (χ1n) is 15.0. The van der Waals surface area contributed by atoms with Crippen LogP contribution in [0.4, 0.5) is 0 Å². The highest BCUT2D eigenvalue weighted by Crippen LogP contribution is 2.42. The van der Waals surface area contributed by atoms with Gasteiger partial charge in [0.2, 0.25) is 0 Å². The Morgan fingerprint density at radius 3 is 1.67 bits per heavy atom. The Morgan fingerprint density at radius 2 is 0.956 bits per heavy atom. The van der Waals surface area contributed by atoms with Crippen molar-refractivity contribution >= 4 is 43.5 Å². The van der Waals surface area contributed by atoms with Crippen LogP contribution in [-0.2, 0) is 0 Å². The summed E-state index contributed by atoms with van der Waals surface area (Å²) < 4.78 is 6.44. The van der Waals surface area contributed by atoms with E-state index in [1.165, 1.54) is 27.1 Å². The standard InChI is InChI=1S/C41H25N3O/c1-3-12-26(13-4-1)39-42-40(27-14-5-2-6-15-27)44-41(43-39)29-22-23-36-35(25-29)38-33(20-11-21-37(38)45-36)34-24-28-16-7-8-17-30(28)31-18-9-10-19-32(31)34/h1-25H. The Labute approximate surface area is 259 Å². The number of aromatic nitrogens is 3. The van der Waals surface area contributed by atoms with Crippen LogP contribution in [0.1, 0.15) is 0 Å². The van der Waals surface area contributed by atoms with E-state index in [9.17, 15) is 0 Å². The van der Waals surface area contributed by atoms with Crippen molar-refractivity contribution in [3.63, 3.8) is 0 Å². The summed E-state index contributed by atoms with van der Waals surface area (Å²) in [6.07, 6.45) is 0. The molecular weight excluding hydrogens is 550 g/mol. The Kier molecular flexibility index (Phi) is 5.78. The van der Waals surface area contributed by atoms with Crippen LogP contribution in [0.15, 0.2) is 156 Å². The quantitative estimate of drug-likeness (QED) is 0.196. The van der Waals surface area contributed by atoms with E-state index in [0.29, 0.717) is 17.5 Å². The molecule has 9 aromatic rings. The smallest absolute Gasteiger partial charge is 0.164 e. The number of furan rings is 1. The summed E-state index contributed by atoms with van der Waals surface area (Å²) in [6, 6.07) is 52.2. The molecule has 0 N–H and O–H groups in total. The van der Waals surface area contributed by atoms with Crippen molar-refractivity contribution in [2.75, 3.05) is 0 Å². The number of fused-ring (bicyclic) bond motifs is 6. The number of hydrogen-bond acceptors (Lipinski definition) is 4. The molecule has 0 unspecified atom stereocenters. The maximum atomic E-state index is 6.44. The largest absolute Gasteiger partial charge is 0.456 e. The molecule has 210 valence electrons. The third kappa shape index (κ3) is 4.27. The molecule has 0 bridgehead atoms. The highest BCUT2D eigenvalue weighted by molar-refractivity contribution is 6.20. The third-order valence-corrected chi connectivity index (χ3v) is 8.51. The van der Waals surface area contributed by atoms with Gasteiger partial charge in [0.1, 0.15) is 11.2 Å². The molecule has 0 radical (unpaired) electrons. The predicted molar refractivity (Wildman–Crippen MR) is 184 cm³/mol. The molecule has 0 atom stereocenters. The molecule has 0 spiro atoms. The maximum Gasteiger partial charge on any atom is 0.164 e. The lowest BCUT2D eigenvalue weighted by Crippen LogP contribution is -2.00. The van der Waals surface area contributed by atoms with Crippen LogP contribution in [0.2, 0.25) is 0 Å². The molecular formula is C41H25N3O. The zero-order valence-corrected chi connectivity index (χ0v) is 24.2. The molecule has 0 saturated heterocycles. The maximum absolute atomic E-state index is 6.44. The van der Waals surface area contributed by atoms with Crippen molar-refractivity contribution in [1.29, 1.82) is 0 Å². The van der Waals surface area contributed by atoms with E-state index in [4.69, 9.17) is 19.4 Å². The molecule has 0 fully saturated rings. The average Bonchev–Trinajstić information content (AvgIpc) is 3.50. The molecule has 0 aliphatic heterocycles. The first-order valence-corrected chi connectivity index (χ1v) is 15.0. The van der Waals surface area contributed by atoms with Crippen LogP contribution in [0.3, 0.4) is 0 Å². The average molecular weight is 576 g/mol. The van der Waals surface area contributed by atoms with Crippen molar-refractivity contribution in [1.82, 2.24) is 15.0 Å². The summed E-state index contributed by atoms with van der Waals surface area (Å²) in [6.45, 7) is 0. The van der Waals surface area contributed by atoms with Crippen LogP contribution in [-0.4, -0.2) is 15.0 Å². The second-order valence-corrected chi connectivity index (χ2v) is 11.2. The van der Waals surface area contributed by atoms with Gasteiger partial charge in [0.05, 0.1) is 0 Å². The highest BCUT2D eigenvalue weighted by Gasteiger charge is 2.18. The minimum Gasteiger partial charge on any atom is -0.456 e. The molecule has 45 heavy (non-hydrogen) atoms. The molecule has 2 heterocycles. The van der Waals surface area contributed by atoms with E-state index in [1.807, 2.05) is 78.9 Å². The lowest BCUT2D eigenvalue weighted by Gasteiger charge is -2.12. The molecule has 0 amide bonds. The van der Waals surface area contributed by atoms with Crippen molar-refractivity contribution in [3.8, 4) is 45.3 Å². The first-order chi connectivity index (χ1) is 22.3. The van der Waals surface area contributed by atoms with Gasteiger partial charge in [0.25, 0.3) is 0 Å². The topological polar surface area (TPSA) is 51.8 Å². The molecule has 4 heteroatoms. The predicted octanol–water partition coefficient (Wildman–Crippen LogP) is 10.7. The lowest BCUT2D eigenvalue weighted by atomic mass is 9.91. The van der Waals surface area contributed by atoms with E-state index in [1.54, 1.807) is 0 Å². The normalized spacial score (nSPS) is 11.6. The Bertz CT molecular complexity index is 2480. The van der Waals surface area contributed by atoms with E-state index < -0.39 is 0 Å².